The summed E-state index contributed by atoms with van der Waals surface area (Å²) in [5.74, 6) is 1.51. The Hall–Kier alpha value is -3.96. The van der Waals surface area contributed by atoms with E-state index in [0.717, 1.165) is 15.9 Å². The van der Waals surface area contributed by atoms with Crippen molar-refractivity contribution in [2.24, 2.45) is 0 Å². The zero-order chi connectivity index (χ0) is 32.3. The number of carbonyl (C=O) groups is 1. The average Bonchev–Trinajstić information content (AvgIpc) is 3.41. The van der Waals surface area contributed by atoms with E-state index in [-0.39, 0.29) is 16.8 Å². The van der Waals surface area contributed by atoms with Gasteiger partial charge in [0.2, 0.25) is 5.95 Å². The molecule has 0 aliphatic carbocycles. The number of aromatic nitrogens is 2. The number of amides is 1. The molecule has 11 heteroatoms. The van der Waals surface area contributed by atoms with Gasteiger partial charge in [0, 0.05) is 19.2 Å². The number of benzene rings is 3. The quantitative estimate of drug-likeness (QED) is 0.169. The third-order valence-corrected chi connectivity index (χ3v) is 13.8. The maximum Gasteiger partial charge on any atom is 0.416 e. The fourth-order valence-corrected chi connectivity index (χ4v) is 11.2. The van der Waals surface area contributed by atoms with E-state index in [1.165, 1.54) is 0 Å². The molecule has 4 aromatic rings. The maximum atomic E-state index is 13.8. The second kappa shape index (κ2) is 13.4. The summed E-state index contributed by atoms with van der Waals surface area (Å²) in [6.07, 6.45) is -1.17. The lowest BCUT2D eigenvalue weighted by Gasteiger charge is -2.44. The molecule has 3 heterocycles. The van der Waals surface area contributed by atoms with Gasteiger partial charge in [-0.05, 0) is 33.1 Å². The van der Waals surface area contributed by atoms with Gasteiger partial charge >= 0.3 is 6.09 Å². The third kappa shape index (κ3) is 6.22. The van der Waals surface area contributed by atoms with Crippen LogP contribution in [0.1, 0.15) is 32.4 Å². The average molecular weight is 659 g/mol. The van der Waals surface area contributed by atoms with Crippen LogP contribution in [0.15, 0.2) is 91.0 Å². The Bertz CT molecular complexity index is 1590. The highest BCUT2D eigenvalue weighted by Crippen LogP contribution is 2.41. The van der Waals surface area contributed by atoms with E-state index >= 15 is 0 Å². The highest BCUT2D eigenvalue weighted by Gasteiger charge is 2.53. The molecule has 1 aromatic heterocycles. The number of rotatable bonds is 9. The number of morpholine rings is 1. The first-order chi connectivity index (χ1) is 22.2. The van der Waals surface area contributed by atoms with E-state index < -0.39 is 26.6 Å². The van der Waals surface area contributed by atoms with Gasteiger partial charge in [-0.3, -0.25) is 4.90 Å². The number of hydrogen-bond acceptors (Lipinski definition) is 8. The molecule has 0 saturated carbocycles. The standard InChI is InChI=1S/C35H39ClN4O5Si/c1-35(2,3)46(27-11-7-5-8-12-27,28-13-9-6-10-14-28)44-24-29-32(25-15-17-26(42-4)18-16-25)45-34(41)40(29)31-23-30(36)37-33(38-31)39-19-21-43-22-20-39/h5-18,23,29,32H,19-22,24H2,1-4H3/t29-,32-/m0/s1. The van der Waals surface area contributed by atoms with Crippen LogP contribution >= 0.6 is 11.6 Å². The van der Waals surface area contributed by atoms with Crippen LogP contribution in [0, 0.1) is 0 Å². The van der Waals surface area contributed by atoms with Gasteiger partial charge in [-0.15, -0.1) is 0 Å². The van der Waals surface area contributed by atoms with Gasteiger partial charge in [-0.1, -0.05) is 105 Å². The largest absolute Gasteiger partial charge is 0.497 e. The Morgan fingerprint density at radius 1 is 0.913 bits per heavy atom. The molecule has 0 spiro atoms. The van der Waals surface area contributed by atoms with E-state index in [1.807, 2.05) is 41.3 Å². The molecule has 0 radical (unpaired) electrons. The lowest BCUT2D eigenvalue weighted by atomic mass is 10.0. The molecule has 46 heavy (non-hydrogen) atoms. The fraction of sp³-hybridized carbons (Fsp3) is 0.343. The number of halogens is 1. The Morgan fingerprint density at radius 2 is 1.52 bits per heavy atom. The SMILES string of the molecule is COc1ccc([C@@H]2OC(=O)N(c3cc(Cl)nc(N4CCOCC4)n3)[C@H]2CO[Si](c2ccccc2)(c2ccccc2)C(C)(C)C)cc1. The molecule has 9 nitrogen and oxygen atoms in total. The first-order valence-corrected chi connectivity index (χ1v) is 17.8. The molecule has 2 aliphatic rings. The number of ether oxygens (including phenoxy) is 3. The molecule has 240 valence electrons. The van der Waals surface area contributed by atoms with E-state index in [1.54, 1.807) is 18.1 Å². The van der Waals surface area contributed by atoms with Crippen molar-refractivity contribution in [1.82, 2.24) is 9.97 Å². The number of methoxy groups -OCH3 is 1. The van der Waals surface area contributed by atoms with Gasteiger partial charge in [0.05, 0.1) is 26.9 Å². The summed E-state index contributed by atoms with van der Waals surface area (Å²) in [5.41, 5.74) is 0.821. The van der Waals surface area contributed by atoms with Crippen molar-refractivity contribution in [3.05, 3.63) is 102 Å². The summed E-state index contributed by atoms with van der Waals surface area (Å²) in [7, 11) is -1.33. The van der Waals surface area contributed by atoms with Gasteiger partial charge in [-0.2, -0.15) is 4.98 Å². The van der Waals surface area contributed by atoms with Crippen molar-refractivity contribution in [1.29, 1.82) is 0 Å². The van der Waals surface area contributed by atoms with Crippen LogP contribution in [0.5, 0.6) is 5.75 Å². The molecule has 0 unspecified atom stereocenters. The number of anilines is 2. The Morgan fingerprint density at radius 3 is 2.09 bits per heavy atom. The van der Waals surface area contributed by atoms with Gasteiger partial charge in [0.1, 0.15) is 22.8 Å². The maximum absolute atomic E-state index is 13.8. The van der Waals surface area contributed by atoms with Crippen LogP contribution in [0.4, 0.5) is 16.6 Å². The first-order valence-electron chi connectivity index (χ1n) is 15.5. The predicted molar refractivity (Wildman–Crippen MR) is 182 cm³/mol. The lowest BCUT2D eigenvalue weighted by molar-refractivity contribution is 0.121. The second-order valence-corrected chi connectivity index (χ2v) is 17.1. The van der Waals surface area contributed by atoms with Crippen molar-refractivity contribution in [2.45, 2.75) is 38.0 Å². The zero-order valence-electron chi connectivity index (χ0n) is 26.6. The van der Waals surface area contributed by atoms with Crippen molar-refractivity contribution < 1.29 is 23.4 Å². The number of nitrogens with zero attached hydrogens (tertiary/aromatic N) is 4. The van der Waals surface area contributed by atoms with Gasteiger partial charge < -0.3 is 23.5 Å². The van der Waals surface area contributed by atoms with E-state index in [9.17, 15) is 4.79 Å². The van der Waals surface area contributed by atoms with E-state index in [0.29, 0.717) is 43.8 Å². The lowest BCUT2D eigenvalue weighted by Crippen LogP contribution is -2.67. The number of cyclic esters (lactones) is 1. The molecule has 2 aliphatic heterocycles. The Labute approximate surface area is 276 Å². The van der Waals surface area contributed by atoms with E-state index in [4.69, 9.17) is 35.2 Å². The zero-order valence-corrected chi connectivity index (χ0v) is 28.3. The minimum atomic E-state index is -2.96. The van der Waals surface area contributed by atoms with Crippen molar-refractivity contribution >= 4 is 48.2 Å². The summed E-state index contributed by atoms with van der Waals surface area (Å²) < 4.78 is 24.4. The first kappa shape index (κ1) is 32.0. The van der Waals surface area contributed by atoms with Crippen molar-refractivity contribution in [3.8, 4) is 5.75 Å². The van der Waals surface area contributed by atoms with E-state index in [2.05, 4.69) is 74.3 Å². The van der Waals surface area contributed by atoms with Crippen LogP contribution < -0.4 is 24.9 Å². The van der Waals surface area contributed by atoms with Gasteiger partial charge in [0.15, 0.2) is 6.10 Å². The molecule has 2 atom stereocenters. The highest BCUT2D eigenvalue weighted by molar-refractivity contribution is 6.99. The minimum Gasteiger partial charge on any atom is -0.497 e. The van der Waals surface area contributed by atoms with Crippen molar-refractivity contribution in [3.63, 3.8) is 0 Å². The summed E-state index contributed by atoms with van der Waals surface area (Å²) in [6.45, 7) is 9.24. The molecule has 3 aromatic carbocycles. The molecule has 0 bridgehead atoms. The Balaban J connectivity index is 1.45. The monoisotopic (exact) mass is 658 g/mol. The number of carbonyl (C=O) groups excluding carboxylic acids is 1. The molecule has 2 fully saturated rings. The molecule has 0 N–H and O–H groups in total. The van der Waals surface area contributed by atoms with Crippen LogP contribution in [-0.2, 0) is 13.9 Å². The molecular formula is C35H39ClN4O5Si. The molecular weight excluding hydrogens is 620 g/mol. The molecule has 6 rings (SSSR count). The summed E-state index contributed by atoms with van der Waals surface area (Å²) in [5, 5.41) is 2.26. The number of hydrogen-bond donors (Lipinski definition) is 0. The summed E-state index contributed by atoms with van der Waals surface area (Å²) in [6, 6.07) is 29.5. The third-order valence-electron chi connectivity index (χ3n) is 8.65. The smallest absolute Gasteiger partial charge is 0.416 e. The van der Waals surface area contributed by atoms with Gasteiger partial charge in [0.25, 0.3) is 8.32 Å². The van der Waals surface area contributed by atoms with Gasteiger partial charge in [-0.25, -0.2) is 9.78 Å². The normalized spacial score (nSPS) is 18.8. The molecule has 1 amide bonds. The van der Waals surface area contributed by atoms with Crippen molar-refractivity contribution in [2.75, 3.05) is 49.8 Å². The summed E-state index contributed by atoms with van der Waals surface area (Å²) >= 11 is 6.57. The van der Waals surface area contributed by atoms with Crippen LogP contribution in [-0.4, -0.2) is 70.4 Å². The van der Waals surface area contributed by atoms with Crippen LogP contribution in [0.25, 0.3) is 0 Å². The summed E-state index contributed by atoms with van der Waals surface area (Å²) in [4.78, 5) is 26.8. The predicted octanol–water partition coefficient (Wildman–Crippen LogP) is 5.62. The van der Waals surface area contributed by atoms with Crippen LogP contribution in [0.2, 0.25) is 10.2 Å². The Kier molecular flexibility index (Phi) is 9.33. The molecule has 2 saturated heterocycles. The van der Waals surface area contributed by atoms with Crippen LogP contribution in [0.3, 0.4) is 0 Å². The highest BCUT2D eigenvalue weighted by atomic mass is 35.5. The second-order valence-electron chi connectivity index (χ2n) is 12.4. The topological polar surface area (TPSA) is 86.3 Å². The minimum absolute atomic E-state index is 0.185. The fourth-order valence-electron chi connectivity index (χ4n) is 6.42.